The van der Waals surface area contributed by atoms with E-state index in [-0.39, 0.29) is 11.9 Å². The fourth-order valence-corrected chi connectivity index (χ4v) is 4.32. The van der Waals surface area contributed by atoms with Crippen molar-refractivity contribution in [1.82, 2.24) is 10.2 Å². The zero-order valence-corrected chi connectivity index (χ0v) is 14.5. The number of piperidine rings is 1. The van der Waals surface area contributed by atoms with Gasteiger partial charge in [-0.15, -0.1) is 0 Å². The number of hydrogen-bond donors (Lipinski definition) is 2. The van der Waals surface area contributed by atoms with Gasteiger partial charge in [-0.05, 0) is 45.4 Å². The number of carbonyl (C=O) groups is 1. The van der Waals surface area contributed by atoms with Gasteiger partial charge in [0.25, 0.3) is 5.91 Å². The summed E-state index contributed by atoms with van der Waals surface area (Å²) in [5.74, 6) is 0.0550. The van der Waals surface area contributed by atoms with Crippen LogP contribution in [0, 0.1) is 0 Å². The molecule has 132 valence electrons. The van der Waals surface area contributed by atoms with Crippen molar-refractivity contribution in [3.63, 3.8) is 0 Å². The molecule has 2 N–H and O–H groups in total. The number of hydrogen-bond acceptors (Lipinski definition) is 4. The minimum Gasteiger partial charge on any atom is -0.389 e. The number of aliphatic hydroxyl groups is 1. The SMILES string of the molecule is CC1(C(=O)NC2CCN(CC3(O)CCCCC3)CC2)CCCO1. The summed E-state index contributed by atoms with van der Waals surface area (Å²) in [6.07, 6.45) is 9.20. The Balaban J connectivity index is 1.42. The second-order valence-corrected chi connectivity index (χ2v) is 7.99. The van der Waals surface area contributed by atoms with E-state index in [0.29, 0.717) is 6.61 Å². The van der Waals surface area contributed by atoms with Crippen molar-refractivity contribution in [3.05, 3.63) is 0 Å². The molecule has 2 aliphatic heterocycles. The van der Waals surface area contributed by atoms with Crippen LogP contribution in [0.15, 0.2) is 0 Å². The molecule has 0 spiro atoms. The maximum atomic E-state index is 12.4. The second kappa shape index (κ2) is 7.08. The van der Waals surface area contributed by atoms with Gasteiger partial charge in [0, 0.05) is 32.3 Å². The molecule has 3 fully saturated rings. The lowest BCUT2D eigenvalue weighted by atomic mass is 9.84. The largest absolute Gasteiger partial charge is 0.389 e. The fraction of sp³-hybridized carbons (Fsp3) is 0.944. The number of rotatable bonds is 4. The van der Waals surface area contributed by atoms with Crippen LogP contribution in [0.5, 0.6) is 0 Å². The molecule has 5 nitrogen and oxygen atoms in total. The molecule has 2 saturated heterocycles. The average Bonchev–Trinajstić information content (AvgIpc) is 2.98. The van der Waals surface area contributed by atoms with E-state index in [1.54, 1.807) is 0 Å². The topological polar surface area (TPSA) is 61.8 Å². The molecule has 2 heterocycles. The Hall–Kier alpha value is -0.650. The highest BCUT2D eigenvalue weighted by Gasteiger charge is 2.39. The summed E-state index contributed by atoms with van der Waals surface area (Å²) in [4.78, 5) is 14.8. The van der Waals surface area contributed by atoms with Crippen LogP contribution >= 0.6 is 0 Å². The monoisotopic (exact) mass is 324 g/mol. The van der Waals surface area contributed by atoms with Gasteiger partial charge in [0.1, 0.15) is 5.60 Å². The first-order valence-electron chi connectivity index (χ1n) is 9.39. The number of nitrogens with one attached hydrogen (secondary N) is 1. The van der Waals surface area contributed by atoms with Gasteiger partial charge in [-0.25, -0.2) is 0 Å². The molecule has 0 bridgehead atoms. The summed E-state index contributed by atoms with van der Waals surface area (Å²) in [6.45, 7) is 5.33. The zero-order chi connectivity index (χ0) is 16.3. The van der Waals surface area contributed by atoms with Crippen molar-refractivity contribution in [2.75, 3.05) is 26.2 Å². The summed E-state index contributed by atoms with van der Waals surface area (Å²) in [5, 5.41) is 13.9. The molecule has 1 atom stereocenters. The lowest BCUT2D eigenvalue weighted by Gasteiger charge is -2.40. The molecule has 0 aromatic heterocycles. The van der Waals surface area contributed by atoms with Gasteiger partial charge < -0.3 is 20.1 Å². The van der Waals surface area contributed by atoms with Crippen molar-refractivity contribution < 1.29 is 14.6 Å². The first-order valence-corrected chi connectivity index (χ1v) is 9.39. The second-order valence-electron chi connectivity index (χ2n) is 7.99. The van der Waals surface area contributed by atoms with Gasteiger partial charge in [-0.1, -0.05) is 19.3 Å². The smallest absolute Gasteiger partial charge is 0.252 e. The van der Waals surface area contributed by atoms with Crippen LogP contribution in [0.2, 0.25) is 0 Å². The predicted molar refractivity (Wildman–Crippen MR) is 89.2 cm³/mol. The maximum Gasteiger partial charge on any atom is 0.252 e. The predicted octanol–water partition coefficient (Wildman–Crippen LogP) is 1.83. The number of likely N-dealkylation sites (tertiary alicyclic amines) is 1. The molecule has 1 saturated carbocycles. The van der Waals surface area contributed by atoms with E-state index >= 15 is 0 Å². The summed E-state index contributed by atoms with van der Waals surface area (Å²) >= 11 is 0. The van der Waals surface area contributed by atoms with Crippen molar-refractivity contribution in [3.8, 4) is 0 Å². The summed E-state index contributed by atoms with van der Waals surface area (Å²) in [5.41, 5.74) is -1.09. The fourth-order valence-electron chi connectivity index (χ4n) is 4.32. The van der Waals surface area contributed by atoms with E-state index < -0.39 is 11.2 Å². The molecule has 3 rings (SSSR count). The van der Waals surface area contributed by atoms with Gasteiger partial charge in [0.05, 0.1) is 5.60 Å². The first-order chi connectivity index (χ1) is 11.0. The molecule has 0 aromatic carbocycles. The number of ether oxygens (including phenoxy) is 1. The van der Waals surface area contributed by atoms with Crippen molar-refractivity contribution in [1.29, 1.82) is 0 Å². The minimum atomic E-state index is -0.617. The highest BCUT2D eigenvalue weighted by molar-refractivity contribution is 5.85. The van der Waals surface area contributed by atoms with Crippen LogP contribution < -0.4 is 5.32 Å². The van der Waals surface area contributed by atoms with E-state index in [1.807, 2.05) is 6.92 Å². The van der Waals surface area contributed by atoms with Crippen LogP contribution in [-0.2, 0) is 9.53 Å². The number of amides is 1. The maximum absolute atomic E-state index is 12.4. The average molecular weight is 324 g/mol. The molecular weight excluding hydrogens is 292 g/mol. The molecule has 5 heteroatoms. The molecule has 1 aliphatic carbocycles. The quantitative estimate of drug-likeness (QED) is 0.828. The molecule has 1 unspecified atom stereocenters. The first kappa shape index (κ1) is 17.2. The normalized spacial score (nSPS) is 32.8. The van der Waals surface area contributed by atoms with Crippen LogP contribution in [0.25, 0.3) is 0 Å². The van der Waals surface area contributed by atoms with E-state index in [9.17, 15) is 9.90 Å². The molecule has 23 heavy (non-hydrogen) atoms. The van der Waals surface area contributed by atoms with Gasteiger partial charge in [0.2, 0.25) is 0 Å². The van der Waals surface area contributed by atoms with E-state index in [0.717, 1.165) is 71.0 Å². The number of β-amino-alcohol motifs (C(OH)–C–C–N with tert-alkyl or cyclic N) is 1. The zero-order valence-electron chi connectivity index (χ0n) is 14.5. The molecule has 1 amide bonds. The third-order valence-corrected chi connectivity index (χ3v) is 5.92. The minimum absolute atomic E-state index is 0.0550. The van der Waals surface area contributed by atoms with Gasteiger partial charge in [0.15, 0.2) is 0 Å². The lowest BCUT2D eigenvalue weighted by molar-refractivity contribution is -0.140. The standard InChI is InChI=1S/C18H32N2O3/c1-17(8-5-13-23-17)16(21)19-15-6-11-20(12-7-15)14-18(22)9-3-2-4-10-18/h15,22H,2-14H2,1H3,(H,19,21). The molecule has 0 radical (unpaired) electrons. The Labute approximate surface area is 139 Å². The van der Waals surface area contributed by atoms with Gasteiger partial charge in [-0.2, -0.15) is 0 Å². The Morgan fingerprint density at radius 2 is 1.87 bits per heavy atom. The van der Waals surface area contributed by atoms with Crippen molar-refractivity contribution in [2.45, 2.75) is 82.0 Å². The number of nitrogens with zero attached hydrogens (tertiary/aromatic N) is 1. The van der Waals surface area contributed by atoms with E-state index in [4.69, 9.17) is 4.74 Å². The third kappa shape index (κ3) is 4.25. The Bertz CT molecular complexity index is 406. The van der Waals surface area contributed by atoms with Gasteiger partial charge >= 0.3 is 0 Å². The van der Waals surface area contributed by atoms with Crippen molar-refractivity contribution >= 4 is 5.91 Å². The highest BCUT2D eigenvalue weighted by atomic mass is 16.5. The Kier molecular flexibility index (Phi) is 5.29. The Morgan fingerprint density at radius 3 is 2.48 bits per heavy atom. The van der Waals surface area contributed by atoms with E-state index in [1.165, 1.54) is 6.42 Å². The van der Waals surface area contributed by atoms with Crippen LogP contribution in [0.1, 0.15) is 64.7 Å². The van der Waals surface area contributed by atoms with Crippen molar-refractivity contribution in [2.24, 2.45) is 0 Å². The summed E-state index contributed by atoms with van der Waals surface area (Å²) < 4.78 is 5.62. The molecule has 3 aliphatic rings. The van der Waals surface area contributed by atoms with Crippen LogP contribution in [0.4, 0.5) is 0 Å². The molecular formula is C18H32N2O3. The summed E-state index contributed by atoms with van der Waals surface area (Å²) in [7, 11) is 0. The number of carbonyl (C=O) groups excluding carboxylic acids is 1. The van der Waals surface area contributed by atoms with E-state index in [2.05, 4.69) is 10.2 Å². The third-order valence-electron chi connectivity index (χ3n) is 5.92. The summed E-state index contributed by atoms with van der Waals surface area (Å²) in [6, 6.07) is 0.251. The molecule has 0 aromatic rings. The van der Waals surface area contributed by atoms with Gasteiger partial charge in [-0.3, -0.25) is 4.79 Å². The van der Waals surface area contributed by atoms with Crippen LogP contribution in [-0.4, -0.2) is 59.4 Å². The highest BCUT2D eigenvalue weighted by Crippen LogP contribution is 2.30. The Morgan fingerprint density at radius 1 is 1.17 bits per heavy atom. The lowest BCUT2D eigenvalue weighted by Crippen LogP contribution is -2.53. The van der Waals surface area contributed by atoms with Crippen LogP contribution in [0.3, 0.4) is 0 Å².